The predicted molar refractivity (Wildman–Crippen MR) is 85.1 cm³/mol. The van der Waals surface area contributed by atoms with Gasteiger partial charge in [0, 0.05) is 19.3 Å². The van der Waals surface area contributed by atoms with E-state index in [-0.39, 0.29) is 17.8 Å². The second-order valence-electron chi connectivity index (χ2n) is 5.48. The summed E-state index contributed by atoms with van der Waals surface area (Å²) in [7, 11) is 0. The van der Waals surface area contributed by atoms with Crippen LogP contribution in [-0.2, 0) is 9.53 Å². The largest absolute Gasteiger partial charge is 0.372 e. The maximum absolute atomic E-state index is 12.3. The SMILES string of the molecule is CC1CN(/C=C(/C#N)C(=O)Nc2ccccc2C#N)CC(C)O1. The minimum atomic E-state index is -0.526. The lowest BCUT2D eigenvalue weighted by Crippen LogP contribution is -2.43. The first-order chi connectivity index (χ1) is 11.0. The highest BCUT2D eigenvalue weighted by Gasteiger charge is 2.22. The lowest BCUT2D eigenvalue weighted by Gasteiger charge is -2.34. The number of anilines is 1. The zero-order valence-electron chi connectivity index (χ0n) is 13.1. The van der Waals surface area contributed by atoms with Crippen LogP contribution >= 0.6 is 0 Å². The number of nitrogens with one attached hydrogen (secondary N) is 1. The van der Waals surface area contributed by atoms with Gasteiger partial charge in [-0.15, -0.1) is 0 Å². The van der Waals surface area contributed by atoms with Crippen molar-refractivity contribution in [2.75, 3.05) is 18.4 Å². The summed E-state index contributed by atoms with van der Waals surface area (Å²) in [4.78, 5) is 14.2. The number of amides is 1. The van der Waals surface area contributed by atoms with Crippen molar-refractivity contribution in [3.05, 3.63) is 41.6 Å². The second kappa shape index (κ2) is 7.44. The van der Waals surface area contributed by atoms with Gasteiger partial charge in [-0.05, 0) is 26.0 Å². The van der Waals surface area contributed by atoms with Crippen LogP contribution in [0.2, 0.25) is 0 Å². The Kier molecular flexibility index (Phi) is 5.35. The molecule has 6 nitrogen and oxygen atoms in total. The number of nitrogens with zero attached hydrogens (tertiary/aromatic N) is 3. The molecule has 0 radical (unpaired) electrons. The topological polar surface area (TPSA) is 89.2 Å². The van der Waals surface area contributed by atoms with Crippen molar-refractivity contribution < 1.29 is 9.53 Å². The Balaban J connectivity index is 2.14. The summed E-state index contributed by atoms with van der Waals surface area (Å²) in [6, 6.07) is 10.6. The van der Waals surface area contributed by atoms with Crippen LogP contribution < -0.4 is 5.32 Å². The van der Waals surface area contributed by atoms with Crippen LogP contribution in [0.4, 0.5) is 5.69 Å². The molecule has 1 heterocycles. The van der Waals surface area contributed by atoms with E-state index in [1.165, 1.54) is 0 Å². The van der Waals surface area contributed by atoms with Crippen molar-refractivity contribution in [2.24, 2.45) is 0 Å². The van der Waals surface area contributed by atoms with Crippen LogP contribution in [-0.4, -0.2) is 36.1 Å². The average Bonchev–Trinajstić information content (AvgIpc) is 2.52. The lowest BCUT2D eigenvalue weighted by molar-refractivity contribution is -0.112. The van der Waals surface area contributed by atoms with Gasteiger partial charge in [-0.2, -0.15) is 10.5 Å². The van der Waals surface area contributed by atoms with E-state index in [0.29, 0.717) is 24.3 Å². The number of carbonyl (C=O) groups is 1. The van der Waals surface area contributed by atoms with Gasteiger partial charge in [-0.1, -0.05) is 12.1 Å². The lowest BCUT2D eigenvalue weighted by atomic mass is 10.2. The highest BCUT2D eigenvalue weighted by molar-refractivity contribution is 6.07. The third-order valence-electron chi connectivity index (χ3n) is 3.42. The van der Waals surface area contributed by atoms with E-state index >= 15 is 0 Å². The summed E-state index contributed by atoms with van der Waals surface area (Å²) >= 11 is 0. The molecule has 1 N–H and O–H groups in total. The van der Waals surface area contributed by atoms with E-state index in [9.17, 15) is 10.1 Å². The van der Waals surface area contributed by atoms with Crippen LogP contribution in [0.15, 0.2) is 36.0 Å². The molecular weight excluding hydrogens is 292 g/mol. The highest BCUT2D eigenvalue weighted by atomic mass is 16.5. The zero-order valence-corrected chi connectivity index (χ0v) is 13.1. The Morgan fingerprint density at radius 3 is 2.57 bits per heavy atom. The standard InChI is InChI=1S/C17H18N4O2/c1-12-9-21(10-13(2)23-12)11-15(8-19)17(22)20-16-6-4-3-5-14(16)7-18/h3-6,11-13H,9-10H2,1-2H3,(H,20,22)/b15-11-. The molecule has 1 aliphatic heterocycles. The Labute approximate surface area is 135 Å². The minimum absolute atomic E-state index is 0.000886. The van der Waals surface area contributed by atoms with Crippen molar-refractivity contribution in [1.82, 2.24) is 4.90 Å². The van der Waals surface area contributed by atoms with Gasteiger partial charge in [0.1, 0.15) is 17.7 Å². The number of nitriles is 2. The average molecular weight is 310 g/mol. The molecule has 2 unspecified atom stereocenters. The number of hydrogen-bond acceptors (Lipinski definition) is 5. The second-order valence-corrected chi connectivity index (χ2v) is 5.48. The van der Waals surface area contributed by atoms with Crippen LogP contribution in [0.3, 0.4) is 0 Å². The monoisotopic (exact) mass is 310 g/mol. The fourth-order valence-corrected chi connectivity index (χ4v) is 2.52. The molecule has 2 atom stereocenters. The van der Waals surface area contributed by atoms with Gasteiger partial charge in [-0.3, -0.25) is 4.79 Å². The molecule has 0 bridgehead atoms. The fourth-order valence-electron chi connectivity index (χ4n) is 2.52. The molecule has 0 saturated carbocycles. The van der Waals surface area contributed by atoms with Gasteiger partial charge < -0.3 is 15.0 Å². The molecule has 1 aromatic rings. The number of ether oxygens (including phenoxy) is 1. The summed E-state index contributed by atoms with van der Waals surface area (Å²) in [5.41, 5.74) is 0.746. The zero-order chi connectivity index (χ0) is 16.8. The van der Waals surface area contributed by atoms with Crippen molar-refractivity contribution >= 4 is 11.6 Å². The predicted octanol–water partition coefficient (Wildman–Crippen LogP) is 2.01. The normalized spacial score (nSPS) is 21.2. The number of carbonyl (C=O) groups excluding carboxylic acids is 1. The molecule has 1 aliphatic rings. The van der Waals surface area contributed by atoms with Crippen molar-refractivity contribution in [1.29, 1.82) is 10.5 Å². The Hall–Kier alpha value is -2.83. The van der Waals surface area contributed by atoms with Gasteiger partial charge in [-0.25, -0.2) is 0 Å². The number of morpholine rings is 1. The first kappa shape index (κ1) is 16.5. The Bertz CT molecular complexity index is 689. The summed E-state index contributed by atoms with van der Waals surface area (Å²) in [5, 5.41) is 20.9. The Morgan fingerprint density at radius 1 is 1.30 bits per heavy atom. The first-order valence-corrected chi connectivity index (χ1v) is 7.35. The molecule has 1 saturated heterocycles. The van der Waals surface area contributed by atoms with Crippen molar-refractivity contribution in [2.45, 2.75) is 26.1 Å². The third kappa shape index (κ3) is 4.32. The van der Waals surface area contributed by atoms with Gasteiger partial charge in [0.25, 0.3) is 5.91 Å². The molecule has 0 spiro atoms. The van der Waals surface area contributed by atoms with Crippen LogP contribution in [0.1, 0.15) is 19.4 Å². The summed E-state index contributed by atoms with van der Waals surface area (Å²) in [5.74, 6) is -0.526. The molecule has 2 rings (SSSR count). The summed E-state index contributed by atoms with van der Waals surface area (Å²) < 4.78 is 5.63. The van der Waals surface area contributed by atoms with Gasteiger partial charge in [0.05, 0.1) is 23.5 Å². The van der Waals surface area contributed by atoms with Crippen molar-refractivity contribution in [3.8, 4) is 12.1 Å². The quantitative estimate of drug-likeness (QED) is 0.681. The smallest absolute Gasteiger partial charge is 0.267 e. The van der Waals surface area contributed by atoms with Gasteiger partial charge >= 0.3 is 0 Å². The molecular formula is C17H18N4O2. The van der Waals surface area contributed by atoms with Crippen molar-refractivity contribution in [3.63, 3.8) is 0 Å². The number of para-hydroxylation sites is 1. The summed E-state index contributed by atoms with van der Waals surface area (Å²) in [6.45, 7) is 5.15. The Morgan fingerprint density at radius 2 is 1.96 bits per heavy atom. The number of rotatable bonds is 3. The van der Waals surface area contributed by atoms with Crippen LogP contribution in [0, 0.1) is 22.7 Å². The van der Waals surface area contributed by atoms with E-state index in [4.69, 9.17) is 10.00 Å². The van der Waals surface area contributed by atoms with Gasteiger partial charge in [0.15, 0.2) is 0 Å². The first-order valence-electron chi connectivity index (χ1n) is 7.35. The fraction of sp³-hybridized carbons (Fsp3) is 0.353. The molecule has 1 aromatic carbocycles. The van der Waals surface area contributed by atoms with E-state index in [1.54, 1.807) is 30.5 Å². The van der Waals surface area contributed by atoms with E-state index in [1.807, 2.05) is 30.9 Å². The van der Waals surface area contributed by atoms with Gasteiger partial charge in [0.2, 0.25) is 0 Å². The molecule has 6 heteroatoms. The molecule has 0 aliphatic carbocycles. The maximum atomic E-state index is 12.3. The molecule has 23 heavy (non-hydrogen) atoms. The molecule has 118 valence electrons. The van der Waals surface area contributed by atoms with E-state index in [2.05, 4.69) is 5.32 Å². The third-order valence-corrected chi connectivity index (χ3v) is 3.42. The highest BCUT2D eigenvalue weighted by Crippen LogP contribution is 2.16. The number of hydrogen-bond donors (Lipinski definition) is 1. The van der Waals surface area contributed by atoms with E-state index in [0.717, 1.165) is 0 Å². The molecule has 0 aromatic heterocycles. The summed E-state index contributed by atoms with van der Waals surface area (Å²) in [6.07, 6.45) is 1.63. The molecule has 1 fully saturated rings. The maximum Gasteiger partial charge on any atom is 0.267 e. The molecule has 1 amide bonds. The van der Waals surface area contributed by atoms with E-state index < -0.39 is 5.91 Å². The van der Waals surface area contributed by atoms with Crippen LogP contribution in [0.25, 0.3) is 0 Å². The minimum Gasteiger partial charge on any atom is -0.372 e. The van der Waals surface area contributed by atoms with Crippen LogP contribution in [0.5, 0.6) is 0 Å². The number of benzene rings is 1.